The first-order chi connectivity index (χ1) is 10.7. The van der Waals surface area contributed by atoms with Crippen molar-refractivity contribution in [2.24, 2.45) is 0 Å². The van der Waals surface area contributed by atoms with Gasteiger partial charge in [0.2, 0.25) is 0 Å². The van der Waals surface area contributed by atoms with E-state index in [1.165, 1.54) is 8.61 Å². The lowest BCUT2D eigenvalue weighted by Gasteiger charge is -2.28. The van der Waals surface area contributed by atoms with Crippen LogP contribution in [-0.4, -0.2) is 36.1 Å². The van der Waals surface area contributed by atoms with E-state index in [2.05, 4.69) is 4.98 Å². The van der Waals surface area contributed by atoms with Crippen LogP contribution in [0.4, 0.5) is 0 Å². The number of aryl methyl sites for hydroxylation is 2. The minimum absolute atomic E-state index is 0.303. The van der Waals surface area contributed by atoms with E-state index in [9.17, 15) is 8.42 Å². The van der Waals surface area contributed by atoms with Crippen molar-refractivity contribution in [3.63, 3.8) is 0 Å². The summed E-state index contributed by atoms with van der Waals surface area (Å²) in [7, 11) is -0.352. The maximum atomic E-state index is 12.8. The van der Waals surface area contributed by atoms with Gasteiger partial charge in [-0.3, -0.25) is 0 Å². The minimum atomic E-state index is -3.56. The highest BCUT2D eigenvalue weighted by molar-refractivity contribution is 7.86. The first kappa shape index (κ1) is 18.1. The molecule has 0 aliphatic rings. The third kappa shape index (κ3) is 3.98. The van der Waals surface area contributed by atoms with Crippen LogP contribution in [0.25, 0.3) is 0 Å². The quantitative estimate of drug-likeness (QED) is 0.802. The predicted molar refractivity (Wildman–Crippen MR) is 94.6 cm³/mol. The van der Waals surface area contributed by atoms with Gasteiger partial charge in [0.1, 0.15) is 0 Å². The Labute approximate surface area is 142 Å². The van der Waals surface area contributed by atoms with Crippen molar-refractivity contribution in [1.29, 1.82) is 0 Å². The highest BCUT2D eigenvalue weighted by Gasteiger charge is 2.30. The third-order valence-electron chi connectivity index (χ3n) is 3.89. The summed E-state index contributed by atoms with van der Waals surface area (Å²) >= 11 is 1.59. The molecule has 0 radical (unpaired) electrons. The second-order valence-electron chi connectivity index (χ2n) is 5.62. The summed E-state index contributed by atoms with van der Waals surface area (Å²) in [6.45, 7) is 6.12. The topological polar surface area (TPSA) is 53.5 Å². The largest absolute Gasteiger partial charge is 0.282 e. The zero-order valence-corrected chi connectivity index (χ0v) is 15.8. The molecule has 2 aromatic rings. The molecule has 0 amide bonds. The zero-order valence-electron chi connectivity index (χ0n) is 14.1. The van der Waals surface area contributed by atoms with E-state index in [1.807, 2.05) is 51.1 Å². The van der Waals surface area contributed by atoms with Gasteiger partial charge in [-0.2, -0.15) is 17.0 Å². The van der Waals surface area contributed by atoms with Gasteiger partial charge in [-0.25, -0.2) is 4.98 Å². The van der Waals surface area contributed by atoms with E-state index in [4.69, 9.17) is 0 Å². The molecule has 1 aromatic carbocycles. The Morgan fingerprint density at radius 2 is 1.78 bits per heavy atom. The summed E-state index contributed by atoms with van der Waals surface area (Å²) in [6.07, 6.45) is 0. The summed E-state index contributed by atoms with van der Waals surface area (Å²) in [4.78, 5) is 5.54. The molecule has 0 bridgehead atoms. The second-order valence-corrected chi connectivity index (χ2v) is 9.12. The molecular formula is C16H23N3O2S2. The van der Waals surface area contributed by atoms with Gasteiger partial charge in [0.15, 0.2) is 0 Å². The molecule has 0 aliphatic heterocycles. The van der Waals surface area contributed by atoms with Gasteiger partial charge in [-0.05, 0) is 26.3 Å². The molecule has 5 nitrogen and oxygen atoms in total. The van der Waals surface area contributed by atoms with Crippen LogP contribution in [0.2, 0.25) is 0 Å². The first-order valence-corrected chi connectivity index (χ1v) is 9.62. The fraction of sp³-hybridized carbons (Fsp3) is 0.438. The number of aromatic nitrogens is 1. The lowest BCUT2D eigenvalue weighted by molar-refractivity contribution is 0.343. The number of benzene rings is 1. The molecule has 0 saturated carbocycles. The summed E-state index contributed by atoms with van der Waals surface area (Å²) in [5.41, 5.74) is 1.78. The predicted octanol–water partition coefficient (Wildman–Crippen LogP) is 3.13. The van der Waals surface area contributed by atoms with Crippen molar-refractivity contribution in [3.05, 3.63) is 51.5 Å². The Hall–Kier alpha value is -1.28. The Morgan fingerprint density at radius 1 is 1.17 bits per heavy atom. The van der Waals surface area contributed by atoms with E-state index >= 15 is 0 Å². The molecule has 1 atom stereocenters. The lowest BCUT2D eigenvalue weighted by Crippen LogP contribution is -2.40. The molecule has 1 unspecified atom stereocenters. The van der Waals surface area contributed by atoms with Gasteiger partial charge < -0.3 is 0 Å². The van der Waals surface area contributed by atoms with Gasteiger partial charge in [-0.15, -0.1) is 11.3 Å². The monoisotopic (exact) mass is 353 g/mol. The molecule has 2 rings (SSSR count). The summed E-state index contributed by atoms with van der Waals surface area (Å²) in [6, 6.07) is 9.27. The zero-order chi connectivity index (χ0) is 17.2. The van der Waals surface area contributed by atoms with Crippen molar-refractivity contribution in [1.82, 2.24) is 13.6 Å². The van der Waals surface area contributed by atoms with E-state index < -0.39 is 10.2 Å². The van der Waals surface area contributed by atoms with Crippen molar-refractivity contribution < 1.29 is 8.42 Å². The fourth-order valence-electron chi connectivity index (χ4n) is 2.45. The van der Waals surface area contributed by atoms with E-state index in [0.717, 1.165) is 21.1 Å². The van der Waals surface area contributed by atoms with E-state index in [1.54, 1.807) is 25.4 Å². The summed E-state index contributed by atoms with van der Waals surface area (Å²) in [5, 5.41) is 0.952. The lowest BCUT2D eigenvalue weighted by atomic mass is 10.2. The van der Waals surface area contributed by atoms with Crippen LogP contribution in [0.3, 0.4) is 0 Å². The molecule has 126 valence electrons. The van der Waals surface area contributed by atoms with Crippen LogP contribution in [0.5, 0.6) is 0 Å². The molecule has 0 fully saturated rings. The van der Waals surface area contributed by atoms with E-state index in [-0.39, 0.29) is 6.04 Å². The first-order valence-electron chi connectivity index (χ1n) is 7.40. The molecule has 23 heavy (non-hydrogen) atoms. The number of hydrogen-bond donors (Lipinski definition) is 0. The number of hydrogen-bond acceptors (Lipinski definition) is 4. The average Bonchev–Trinajstić information content (AvgIpc) is 2.85. The summed E-state index contributed by atoms with van der Waals surface area (Å²) < 4.78 is 28.3. The van der Waals surface area contributed by atoms with Crippen LogP contribution < -0.4 is 0 Å². The molecule has 0 aliphatic carbocycles. The maximum absolute atomic E-state index is 12.8. The van der Waals surface area contributed by atoms with Gasteiger partial charge in [0, 0.05) is 25.5 Å². The molecule has 0 spiro atoms. The van der Waals surface area contributed by atoms with Gasteiger partial charge in [0.05, 0.1) is 16.7 Å². The number of thiazole rings is 1. The number of rotatable bonds is 6. The Balaban J connectivity index is 2.19. The van der Waals surface area contributed by atoms with E-state index in [0.29, 0.717) is 6.54 Å². The number of nitrogens with zero attached hydrogens (tertiary/aromatic N) is 3. The van der Waals surface area contributed by atoms with Crippen molar-refractivity contribution in [2.75, 3.05) is 14.1 Å². The standard InChI is InChI=1S/C16H23N3O2S2/c1-12(16-13(2)22-14(3)17-16)19(5)23(20,21)18(4)11-15-9-7-6-8-10-15/h6-10,12H,11H2,1-5H3. The van der Waals surface area contributed by atoms with Crippen LogP contribution in [0, 0.1) is 13.8 Å². The fourth-order valence-corrected chi connectivity index (χ4v) is 4.61. The minimum Gasteiger partial charge on any atom is -0.245 e. The van der Waals surface area contributed by atoms with Crippen molar-refractivity contribution in [2.45, 2.75) is 33.4 Å². The molecule has 1 heterocycles. The van der Waals surface area contributed by atoms with Crippen LogP contribution in [0.1, 0.15) is 34.1 Å². The Morgan fingerprint density at radius 3 is 2.30 bits per heavy atom. The molecular weight excluding hydrogens is 330 g/mol. The van der Waals surface area contributed by atoms with Gasteiger partial charge >= 0.3 is 0 Å². The molecule has 7 heteroatoms. The molecule has 0 N–H and O–H groups in total. The highest BCUT2D eigenvalue weighted by atomic mass is 32.2. The smallest absolute Gasteiger partial charge is 0.245 e. The van der Waals surface area contributed by atoms with Crippen LogP contribution in [0.15, 0.2) is 30.3 Å². The SMILES string of the molecule is Cc1nc(C(C)N(C)S(=O)(=O)N(C)Cc2ccccc2)c(C)s1. The van der Waals surface area contributed by atoms with Gasteiger partial charge in [-0.1, -0.05) is 30.3 Å². The normalized spacial score (nSPS) is 13.7. The van der Waals surface area contributed by atoms with Crippen molar-refractivity contribution >= 4 is 21.5 Å². The maximum Gasteiger partial charge on any atom is 0.282 e. The second kappa shape index (κ2) is 7.09. The highest BCUT2D eigenvalue weighted by Crippen LogP contribution is 2.28. The molecule has 1 aromatic heterocycles. The summed E-state index contributed by atoms with van der Waals surface area (Å²) in [5.74, 6) is 0. The van der Waals surface area contributed by atoms with Crippen LogP contribution >= 0.6 is 11.3 Å². The van der Waals surface area contributed by atoms with Crippen molar-refractivity contribution in [3.8, 4) is 0 Å². The van der Waals surface area contributed by atoms with Crippen LogP contribution in [-0.2, 0) is 16.8 Å². The average molecular weight is 354 g/mol. The molecule has 0 saturated heterocycles. The van der Waals surface area contributed by atoms with Gasteiger partial charge in [0.25, 0.3) is 10.2 Å². The third-order valence-corrected chi connectivity index (χ3v) is 6.75. The Kier molecular flexibility index (Phi) is 5.57. The Bertz CT molecular complexity index is 757.